The summed E-state index contributed by atoms with van der Waals surface area (Å²) in [7, 11) is 0. The van der Waals surface area contributed by atoms with E-state index in [0.29, 0.717) is 5.56 Å². The number of aryl methyl sites for hydroxylation is 1. The van der Waals surface area contributed by atoms with Gasteiger partial charge in [0.2, 0.25) is 0 Å². The van der Waals surface area contributed by atoms with E-state index in [0.717, 1.165) is 47.8 Å². The van der Waals surface area contributed by atoms with Gasteiger partial charge in [0, 0.05) is 11.1 Å². The van der Waals surface area contributed by atoms with Crippen LogP contribution in [0, 0.1) is 0 Å². The molecular weight excluding hydrogens is 266 g/mol. The first-order valence-corrected chi connectivity index (χ1v) is 7.24. The number of nitrogens with zero attached hydrogens (tertiary/aromatic N) is 1. The maximum absolute atomic E-state index is 12.4. The second kappa shape index (κ2) is 5.64. The van der Waals surface area contributed by atoms with Crippen LogP contribution >= 0.6 is 0 Å². The standard InChI is InChI=1S/C17H17NO3/c1-11(19)10-21-17(20)16-12-6-2-4-8-14(12)18-15-9-5-3-7-13(15)16/h2,4,6,8H,3,5,7,9-10H2,1H3. The molecule has 108 valence electrons. The molecule has 2 aromatic rings. The third-order valence-electron chi connectivity index (χ3n) is 3.78. The minimum absolute atomic E-state index is 0.157. The molecule has 0 N–H and O–H groups in total. The number of Topliss-reactive ketones (excluding diaryl/α,β-unsaturated/α-hetero) is 1. The molecule has 0 atom stereocenters. The Morgan fingerprint density at radius 2 is 1.95 bits per heavy atom. The topological polar surface area (TPSA) is 56.3 Å². The number of ketones is 1. The molecule has 0 radical (unpaired) electrons. The highest BCUT2D eigenvalue weighted by atomic mass is 16.5. The number of para-hydroxylation sites is 1. The molecule has 0 saturated carbocycles. The first kappa shape index (κ1) is 13.7. The third kappa shape index (κ3) is 2.66. The van der Waals surface area contributed by atoms with Crippen LogP contribution in [0.1, 0.15) is 41.4 Å². The Labute approximate surface area is 123 Å². The molecule has 0 saturated heterocycles. The van der Waals surface area contributed by atoms with Crippen molar-refractivity contribution in [2.24, 2.45) is 0 Å². The van der Waals surface area contributed by atoms with Crippen molar-refractivity contribution in [1.29, 1.82) is 0 Å². The Morgan fingerprint density at radius 1 is 1.19 bits per heavy atom. The van der Waals surface area contributed by atoms with Crippen LogP contribution in [0.15, 0.2) is 24.3 Å². The summed E-state index contributed by atoms with van der Waals surface area (Å²) < 4.78 is 5.15. The van der Waals surface area contributed by atoms with Gasteiger partial charge >= 0.3 is 5.97 Å². The fourth-order valence-corrected chi connectivity index (χ4v) is 2.85. The number of pyridine rings is 1. The van der Waals surface area contributed by atoms with Crippen molar-refractivity contribution in [2.45, 2.75) is 32.6 Å². The average Bonchev–Trinajstić information content (AvgIpc) is 2.50. The molecule has 1 aromatic carbocycles. The highest BCUT2D eigenvalue weighted by molar-refractivity contribution is 6.05. The van der Waals surface area contributed by atoms with Crippen molar-refractivity contribution in [3.05, 3.63) is 41.1 Å². The molecule has 3 rings (SSSR count). The van der Waals surface area contributed by atoms with E-state index in [1.54, 1.807) is 0 Å². The first-order valence-electron chi connectivity index (χ1n) is 7.24. The molecule has 1 aliphatic rings. The fourth-order valence-electron chi connectivity index (χ4n) is 2.85. The summed E-state index contributed by atoms with van der Waals surface area (Å²) in [4.78, 5) is 28.2. The summed E-state index contributed by atoms with van der Waals surface area (Å²) in [5, 5.41) is 0.812. The van der Waals surface area contributed by atoms with Gasteiger partial charge in [0.15, 0.2) is 5.78 Å². The van der Waals surface area contributed by atoms with E-state index in [1.165, 1.54) is 6.92 Å². The van der Waals surface area contributed by atoms with E-state index >= 15 is 0 Å². The predicted octanol–water partition coefficient (Wildman–Crippen LogP) is 2.86. The minimum Gasteiger partial charge on any atom is -0.454 e. The van der Waals surface area contributed by atoms with Gasteiger partial charge in [-0.15, -0.1) is 0 Å². The molecule has 0 aliphatic heterocycles. The van der Waals surface area contributed by atoms with E-state index in [2.05, 4.69) is 4.98 Å². The summed E-state index contributed by atoms with van der Waals surface area (Å²) in [5.74, 6) is -0.572. The Hall–Kier alpha value is -2.23. The molecule has 1 aliphatic carbocycles. The van der Waals surface area contributed by atoms with E-state index in [-0.39, 0.29) is 12.4 Å². The number of aromatic nitrogens is 1. The Bertz CT molecular complexity index is 721. The molecule has 1 aromatic heterocycles. The highest BCUT2D eigenvalue weighted by Gasteiger charge is 2.23. The summed E-state index contributed by atoms with van der Waals surface area (Å²) in [6.45, 7) is 1.23. The van der Waals surface area contributed by atoms with Crippen LogP contribution < -0.4 is 0 Å². The normalized spacial score (nSPS) is 13.8. The van der Waals surface area contributed by atoms with Gasteiger partial charge in [-0.05, 0) is 44.2 Å². The van der Waals surface area contributed by atoms with Gasteiger partial charge in [-0.2, -0.15) is 0 Å². The molecular formula is C17H17NO3. The Balaban J connectivity index is 2.13. The van der Waals surface area contributed by atoms with Crippen molar-refractivity contribution in [2.75, 3.05) is 6.61 Å². The molecule has 0 unspecified atom stereocenters. The first-order chi connectivity index (χ1) is 10.2. The number of carbonyl (C=O) groups is 2. The Morgan fingerprint density at radius 3 is 2.76 bits per heavy atom. The summed E-state index contributed by atoms with van der Waals surface area (Å²) in [6.07, 6.45) is 3.89. The van der Waals surface area contributed by atoms with E-state index in [9.17, 15) is 9.59 Å². The van der Waals surface area contributed by atoms with Crippen LogP contribution in [0.4, 0.5) is 0 Å². The molecule has 0 bridgehead atoms. The second-order valence-corrected chi connectivity index (χ2v) is 5.41. The number of benzene rings is 1. The van der Waals surface area contributed by atoms with Crippen LogP contribution in [0.2, 0.25) is 0 Å². The van der Waals surface area contributed by atoms with Crippen LogP contribution in [0.5, 0.6) is 0 Å². The molecule has 0 spiro atoms. The lowest BCUT2D eigenvalue weighted by Gasteiger charge is -2.19. The third-order valence-corrected chi connectivity index (χ3v) is 3.78. The zero-order valence-corrected chi connectivity index (χ0v) is 12.0. The number of rotatable bonds is 3. The summed E-state index contributed by atoms with van der Waals surface area (Å²) in [6, 6.07) is 7.60. The fraction of sp³-hybridized carbons (Fsp3) is 0.353. The highest BCUT2D eigenvalue weighted by Crippen LogP contribution is 2.29. The molecule has 4 nitrogen and oxygen atoms in total. The van der Waals surface area contributed by atoms with Gasteiger partial charge in [-0.3, -0.25) is 9.78 Å². The molecule has 0 amide bonds. The summed E-state index contributed by atoms with van der Waals surface area (Å²) in [5.41, 5.74) is 3.40. The van der Waals surface area contributed by atoms with E-state index in [1.807, 2.05) is 24.3 Å². The minimum atomic E-state index is -0.415. The van der Waals surface area contributed by atoms with Gasteiger partial charge in [0.25, 0.3) is 0 Å². The monoisotopic (exact) mass is 283 g/mol. The molecule has 0 fully saturated rings. The van der Waals surface area contributed by atoms with Crippen LogP contribution in [0.3, 0.4) is 0 Å². The van der Waals surface area contributed by atoms with Crippen molar-refractivity contribution < 1.29 is 14.3 Å². The molecule has 1 heterocycles. The van der Waals surface area contributed by atoms with Gasteiger partial charge in [0.05, 0.1) is 11.1 Å². The van der Waals surface area contributed by atoms with Crippen molar-refractivity contribution in [3.8, 4) is 0 Å². The maximum atomic E-state index is 12.4. The largest absolute Gasteiger partial charge is 0.454 e. The van der Waals surface area contributed by atoms with Gasteiger partial charge in [0.1, 0.15) is 6.61 Å². The van der Waals surface area contributed by atoms with Gasteiger partial charge in [-0.25, -0.2) is 4.79 Å². The maximum Gasteiger partial charge on any atom is 0.339 e. The van der Waals surface area contributed by atoms with E-state index in [4.69, 9.17) is 4.74 Å². The number of carbonyl (C=O) groups excluding carboxylic acids is 2. The van der Waals surface area contributed by atoms with Crippen LogP contribution in [0.25, 0.3) is 10.9 Å². The second-order valence-electron chi connectivity index (χ2n) is 5.41. The number of fused-ring (bicyclic) bond motifs is 2. The SMILES string of the molecule is CC(=O)COC(=O)c1c2c(nc3ccccc13)CCCC2. The number of ether oxygens (including phenoxy) is 1. The molecule has 4 heteroatoms. The lowest BCUT2D eigenvalue weighted by atomic mass is 9.90. The number of hydrogen-bond acceptors (Lipinski definition) is 4. The number of hydrogen-bond donors (Lipinski definition) is 0. The zero-order chi connectivity index (χ0) is 14.8. The van der Waals surface area contributed by atoms with Gasteiger partial charge < -0.3 is 4.74 Å². The van der Waals surface area contributed by atoms with Gasteiger partial charge in [-0.1, -0.05) is 18.2 Å². The average molecular weight is 283 g/mol. The summed E-state index contributed by atoms with van der Waals surface area (Å²) >= 11 is 0. The lowest BCUT2D eigenvalue weighted by Crippen LogP contribution is -2.17. The number of esters is 1. The van der Waals surface area contributed by atoms with Crippen LogP contribution in [-0.2, 0) is 22.4 Å². The van der Waals surface area contributed by atoms with Crippen LogP contribution in [-0.4, -0.2) is 23.3 Å². The zero-order valence-electron chi connectivity index (χ0n) is 12.0. The van der Waals surface area contributed by atoms with E-state index < -0.39 is 5.97 Å². The smallest absolute Gasteiger partial charge is 0.339 e. The van der Waals surface area contributed by atoms with Crippen molar-refractivity contribution in [3.63, 3.8) is 0 Å². The van der Waals surface area contributed by atoms with Crippen molar-refractivity contribution >= 4 is 22.7 Å². The molecule has 21 heavy (non-hydrogen) atoms. The lowest BCUT2D eigenvalue weighted by molar-refractivity contribution is -0.120. The predicted molar refractivity (Wildman–Crippen MR) is 79.3 cm³/mol. The Kier molecular flexibility index (Phi) is 3.69. The van der Waals surface area contributed by atoms with Crippen molar-refractivity contribution in [1.82, 2.24) is 4.98 Å². The quantitative estimate of drug-likeness (QED) is 0.813.